The van der Waals surface area contributed by atoms with E-state index in [2.05, 4.69) is 16.0 Å². The van der Waals surface area contributed by atoms with Crippen LogP contribution in [-0.4, -0.2) is 36.5 Å². The fraction of sp³-hybridized carbons (Fsp3) is 0.250. The molecule has 0 radical (unpaired) electrons. The van der Waals surface area contributed by atoms with Crippen molar-refractivity contribution in [3.05, 3.63) is 92.7 Å². The smallest absolute Gasteiger partial charge is 0.407 e. The molecular weight excluding hydrogens is 532 g/mol. The highest BCUT2D eigenvalue weighted by molar-refractivity contribution is 6.35. The van der Waals surface area contributed by atoms with Crippen molar-refractivity contribution >= 4 is 52.4 Å². The van der Waals surface area contributed by atoms with Crippen LogP contribution < -0.4 is 16.0 Å². The Morgan fingerprint density at radius 2 is 1.61 bits per heavy atom. The third-order valence-electron chi connectivity index (χ3n) is 5.25. The van der Waals surface area contributed by atoms with Gasteiger partial charge in [-0.05, 0) is 81.8 Å². The minimum atomic E-state index is -0.619. The Labute approximate surface area is 230 Å². The van der Waals surface area contributed by atoms with Crippen LogP contribution in [0, 0.1) is 12.7 Å². The lowest BCUT2D eigenvalue weighted by Crippen LogP contribution is -2.37. The summed E-state index contributed by atoms with van der Waals surface area (Å²) >= 11 is 12.2. The van der Waals surface area contributed by atoms with Gasteiger partial charge in [0, 0.05) is 40.5 Å². The molecule has 0 bridgehead atoms. The van der Waals surface area contributed by atoms with E-state index in [9.17, 15) is 18.8 Å². The van der Waals surface area contributed by atoms with Crippen LogP contribution in [0.1, 0.15) is 52.6 Å². The first-order chi connectivity index (χ1) is 17.8. The summed E-state index contributed by atoms with van der Waals surface area (Å²) in [6.45, 7) is 7.37. The maximum absolute atomic E-state index is 14.1. The number of rotatable bonds is 8. The van der Waals surface area contributed by atoms with Gasteiger partial charge in [0.1, 0.15) is 11.4 Å². The number of nitrogens with one attached hydrogen (secondary N) is 3. The predicted molar refractivity (Wildman–Crippen MR) is 147 cm³/mol. The van der Waals surface area contributed by atoms with Gasteiger partial charge >= 0.3 is 6.09 Å². The van der Waals surface area contributed by atoms with Gasteiger partial charge in [0.15, 0.2) is 5.78 Å². The van der Waals surface area contributed by atoms with Crippen molar-refractivity contribution in [2.75, 3.05) is 18.4 Å². The van der Waals surface area contributed by atoms with Crippen molar-refractivity contribution in [1.82, 2.24) is 10.6 Å². The molecule has 200 valence electrons. The summed E-state index contributed by atoms with van der Waals surface area (Å²) in [6.07, 6.45) is -0.577. The summed E-state index contributed by atoms with van der Waals surface area (Å²) in [5.41, 5.74) is 1.57. The normalized spacial score (nSPS) is 11.0. The first kappa shape index (κ1) is 28.9. The van der Waals surface area contributed by atoms with Gasteiger partial charge in [-0.25, -0.2) is 9.18 Å². The molecule has 0 aliphatic rings. The molecule has 0 unspecified atom stereocenters. The van der Waals surface area contributed by atoms with Gasteiger partial charge < -0.3 is 20.7 Å². The number of ketones is 1. The second kappa shape index (κ2) is 12.3. The Bertz CT molecular complexity index is 1370. The Balaban J connectivity index is 1.67. The molecule has 3 N–H and O–H groups in total. The van der Waals surface area contributed by atoms with E-state index in [0.717, 1.165) is 0 Å². The molecule has 38 heavy (non-hydrogen) atoms. The number of carbonyl (C=O) groups is 3. The van der Waals surface area contributed by atoms with Gasteiger partial charge in [0.05, 0.1) is 10.7 Å². The topological polar surface area (TPSA) is 96.5 Å². The van der Waals surface area contributed by atoms with Gasteiger partial charge in [-0.15, -0.1) is 0 Å². The fourth-order valence-corrected chi connectivity index (χ4v) is 3.86. The maximum atomic E-state index is 14.1. The number of halogens is 3. The van der Waals surface area contributed by atoms with Crippen molar-refractivity contribution in [3.8, 4) is 0 Å². The molecule has 10 heteroatoms. The molecule has 3 aromatic carbocycles. The average Bonchev–Trinajstić information content (AvgIpc) is 2.82. The maximum Gasteiger partial charge on any atom is 0.407 e. The van der Waals surface area contributed by atoms with E-state index in [-0.39, 0.29) is 45.7 Å². The Morgan fingerprint density at radius 1 is 0.895 bits per heavy atom. The first-order valence-electron chi connectivity index (χ1n) is 11.8. The summed E-state index contributed by atoms with van der Waals surface area (Å²) in [5, 5.41) is 8.61. The summed E-state index contributed by atoms with van der Waals surface area (Å²) in [6, 6.07) is 13.7. The molecule has 3 rings (SSSR count). The van der Waals surface area contributed by atoms with E-state index in [4.69, 9.17) is 27.9 Å². The largest absolute Gasteiger partial charge is 0.444 e. The van der Waals surface area contributed by atoms with Crippen LogP contribution in [-0.2, 0) is 4.74 Å². The molecule has 0 aromatic heterocycles. The van der Waals surface area contributed by atoms with Crippen LogP contribution in [0.15, 0.2) is 54.6 Å². The Hall–Kier alpha value is -3.62. The number of amides is 2. The van der Waals surface area contributed by atoms with Gasteiger partial charge in [-0.1, -0.05) is 29.3 Å². The van der Waals surface area contributed by atoms with Crippen LogP contribution in [0.4, 0.5) is 20.6 Å². The standard InChI is InChI=1S/C28H28Cl2FN3O4/c1-16-5-6-17(26(36)32-11-12-33-27(37)38-28(2,3)4)13-21(16)25(35)20-9-8-19(15-22(20)30)34-24-10-7-18(29)14-23(24)31/h5-10,13-15,34H,11-12H2,1-4H3,(H,32,36)(H,33,37). The second-order valence-corrected chi connectivity index (χ2v) is 10.3. The highest BCUT2D eigenvalue weighted by atomic mass is 35.5. The van der Waals surface area contributed by atoms with Crippen LogP contribution in [0.5, 0.6) is 0 Å². The van der Waals surface area contributed by atoms with Crippen LogP contribution >= 0.6 is 23.2 Å². The SMILES string of the molecule is Cc1ccc(C(=O)NCCNC(=O)OC(C)(C)C)cc1C(=O)c1ccc(Nc2ccc(Cl)cc2F)cc1Cl. The number of carbonyl (C=O) groups excluding carboxylic acids is 3. The number of hydrogen-bond donors (Lipinski definition) is 3. The summed E-state index contributed by atoms with van der Waals surface area (Å²) in [4.78, 5) is 37.6. The number of benzene rings is 3. The third-order valence-corrected chi connectivity index (χ3v) is 5.79. The zero-order valence-corrected chi connectivity index (χ0v) is 22.9. The number of ether oxygens (including phenoxy) is 1. The van der Waals surface area contributed by atoms with Crippen LogP contribution in [0.25, 0.3) is 0 Å². The summed E-state index contributed by atoms with van der Waals surface area (Å²) in [7, 11) is 0. The minimum Gasteiger partial charge on any atom is -0.444 e. The summed E-state index contributed by atoms with van der Waals surface area (Å²) < 4.78 is 19.3. The van der Waals surface area contributed by atoms with E-state index in [0.29, 0.717) is 16.8 Å². The average molecular weight is 560 g/mol. The molecule has 0 spiro atoms. The molecule has 3 aromatic rings. The van der Waals surface area contributed by atoms with E-state index < -0.39 is 23.4 Å². The Kier molecular flexibility index (Phi) is 9.36. The second-order valence-electron chi connectivity index (χ2n) is 9.49. The zero-order chi connectivity index (χ0) is 28.0. The summed E-state index contributed by atoms with van der Waals surface area (Å²) in [5.74, 6) is -1.29. The van der Waals surface area contributed by atoms with E-state index in [1.54, 1.807) is 52.0 Å². The minimum absolute atomic E-state index is 0.164. The number of aryl methyl sites for hydroxylation is 1. The van der Waals surface area contributed by atoms with Crippen molar-refractivity contribution in [3.63, 3.8) is 0 Å². The van der Waals surface area contributed by atoms with Crippen LogP contribution in [0.2, 0.25) is 10.0 Å². The molecule has 0 aliphatic heterocycles. The highest BCUT2D eigenvalue weighted by Gasteiger charge is 2.19. The number of alkyl carbamates (subject to hydrolysis) is 1. The van der Waals surface area contributed by atoms with Crippen molar-refractivity contribution < 1.29 is 23.5 Å². The van der Waals surface area contributed by atoms with E-state index in [1.165, 1.54) is 30.3 Å². The highest BCUT2D eigenvalue weighted by Crippen LogP contribution is 2.28. The van der Waals surface area contributed by atoms with Crippen molar-refractivity contribution in [2.24, 2.45) is 0 Å². The van der Waals surface area contributed by atoms with Crippen molar-refractivity contribution in [2.45, 2.75) is 33.3 Å². The lowest BCUT2D eigenvalue weighted by Gasteiger charge is -2.19. The lowest BCUT2D eigenvalue weighted by molar-refractivity contribution is 0.0526. The molecule has 2 amide bonds. The van der Waals surface area contributed by atoms with E-state index in [1.807, 2.05) is 0 Å². The fourth-order valence-electron chi connectivity index (χ4n) is 3.43. The van der Waals surface area contributed by atoms with Gasteiger partial charge in [0.2, 0.25) is 0 Å². The van der Waals surface area contributed by atoms with Gasteiger partial charge in [-0.2, -0.15) is 0 Å². The molecule has 0 aliphatic carbocycles. The molecule has 0 saturated heterocycles. The molecule has 0 fully saturated rings. The monoisotopic (exact) mass is 559 g/mol. The van der Waals surface area contributed by atoms with Crippen molar-refractivity contribution in [1.29, 1.82) is 0 Å². The quantitative estimate of drug-likeness (QED) is 0.211. The predicted octanol–water partition coefficient (Wildman–Crippen LogP) is 6.67. The van der Waals surface area contributed by atoms with E-state index >= 15 is 0 Å². The zero-order valence-electron chi connectivity index (χ0n) is 21.4. The van der Waals surface area contributed by atoms with Crippen LogP contribution in [0.3, 0.4) is 0 Å². The molecule has 0 atom stereocenters. The Morgan fingerprint density at radius 3 is 2.26 bits per heavy atom. The van der Waals surface area contributed by atoms with Gasteiger partial charge in [-0.3, -0.25) is 9.59 Å². The van der Waals surface area contributed by atoms with Gasteiger partial charge in [0.25, 0.3) is 5.91 Å². The molecular formula is C28H28Cl2FN3O4. The third kappa shape index (κ3) is 7.94. The molecule has 0 heterocycles. The first-order valence-corrected chi connectivity index (χ1v) is 12.5. The molecule has 7 nitrogen and oxygen atoms in total. The number of hydrogen-bond acceptors (Lipinski definition) is 5. The molecule has 0 saturated carbocycles. The lowest BCUT2D eigenvalue weighted by atomic mass is 9.96. The number of anilines is 2.